The van der Waals surface area contributed by atoms with Gasteiger partial charge in [0.15, 0.2) is 28.1 Å². The molecular formula is C69H67N13O8. The van der Waals surface area contributed by atoms with Crippen molar-refractivity contribution >= 4 is 58.2 Å². The SMILES string of the molecule is C.CC(C)n1ccc(NC(=O)OCC2c3ccccc3-c3ccccc32)nc1=O.CC(C)n1cnc2c(=O)[nH]c(NC(=O)OCC3c4ccccc4-c4ccccc43)nc21.CC(C)n1cnc2c(NC(=O)OCC3c4ccccc4-c4ccccc43)ncnc21. The molecule has 4 N–H and O–H groups in total. The van der Waals surface area contributed by atoms with E-state index in [0.717, 1.165) is 33.4 Å². The average molecular weight is 1210 g/mol. The van der Waals surface area contributed by atoms with Crippen LogP contribution in [0.4, 0.5) is 32.0 Å². The molecule has 0 unspecified atom stereocenters. The Morgan fingerprint density at radius 2 is 0.833 bits per heavy atom. The Hall–Kier alpha value is -11.1. The average Bonchev–Trinajstić information content (AvgIpc) is 1.68. The Morgan fingerprint density at radius 1 is 0.456 bits per heavy atom. The van der Waals surface area contributed by atoms with Crippen LogP contribution in [0, 0.1) is 0 Å². The molecule has 0 spiro atoms. The second kappa shape index (κ2) is 26.1. The predicted octanol–water partition coefficient (Wildman–Crippen LogP) is 13.7. The van der Waals surface area contributed by atoms with E-state index >= 15 is 0 Å². The van der Waals surface area contributed by atoms with Crippen molar-refractivity contribution in [1.29, 1.82) is 0 Å². The van der Waals surface area contributed by atoms with E-state index in [0.29, 0.717) is 22.6 Å². The standard InChI is InChI=1S/C23H21N5O3.C23H21N5O2.C22H21N3O3.CH4/c1-13(2)28-12-24-19-20(28)25-22(26-21(19)29)27-23(30)31-11-18-16-9-5-3-7-14(16)15-8-4-6-10-17(15)18;1-14(2)28-13-26-20-21(24-12-25-22(20)28)27-23(29)30-11-19-17-9-5-3-7-15(17)16-8-4-6-10-18(16)19;1-14(2)25-12-11-20(23-21(25)26)24-22(27)28-13-19-17-9-5-3-7-15(17)16-8-4-6-10-18(16)19;/h3-10,12-13,18H,11H2,1-2H3,(H2,25,26,27,29,30);3-10,12-14,19H,11H2,1-2H3,(H,24,25,27,29);3-12,14,19H,13H2,1-2H3,(H,23,24,26,27);1H4. The summed E-state index contributed by atoms with van der Waals surface area (Å²) in [6.45, 7) is 12.4. The lowest BCUT2D eigenvalue weighted by molar-refractivity contribution is 0.157. The molecule has 11 aromatic rings. The summed E-state index contributed by atoms with van der Waals surface area (Å²) in [4.78, 5) is 89.2. The molecule has 0 saturated heterocycles. The number of H-pyrrole nitrogens is 1. The van der Waals surface area contributed by atoms with E-state index in [-0.39, 0.29) is 80.4 Å². The molecule has 21 nitrogen and oxygen atoms in total. The molecule has 0 saturated carbocycles. The van der Waals surface area contributed by atoms with Crippen LogP contribution in [0.1, 0.15) is 118 Å². The number of fused-ring (bicyclic) bond motifs is 11. The Labute approximate surface area is 518 Å². The highest BCUT2D eigenvalue weighted by atomic mass is 16.6. The van der Waals surface area contributed by atoms with E-state index in [9.17, 15) is 24.0 Å². The van der Waals surface area contributed by atoms with Crippen molar-refractivity contribution in [3.63, 3.8) is 0 Å². The van der Waals surface area contributed by atoms with Crippen LogP contribution in [0.3, 0.4) is 0 Å². The Bertz CT molecular complexity index is 4470. The van der Waals surface area contributed by atoms with Gasteiger partial charge in [-0.25, -0.2) is 39.1 Å². The maximum Gasteiger partial charge on any atom is 0.414 e. The fraction of sp³-hybridized carbons (Fsp3) is 0.232. The number of hydrogen-bond donors (Lipinski definition) is 4. The van der Waals surface area contributed by atoms with Crippen molar-refractivity contribution in [3.05, 3.63) is 231 Å². The first-order valence-corrected chi connectivity index (χ1v) is 29.3. The first kappa shape index (κ1) is 60.6. The number of amides is 3. The molecule has 90 heavy (non-hydrogen) atoms. The van der Waals surface area contributed by atoms with Crippen LogP contribution in [-0.4, -0.2) is 86.7 Å². The maximum atomic E-state index is 12.5. The number of nitrogens with zero attached hydrogens (tertiary/aromatic N) is 9. The number of hydrogen-bond acceptors (Lipinski definition) is 14. The van der Waals surface area contributed by atoms with Gasteiger partial charge in [-0.15, -0.1) is 0 Å². The third kappa shape index (κ3) is 12.2. The third-order valence-electron chi connectivity index (χ3n) is 16.0. The zero-order valence-corrected chi connectivity index (χ0v) is 49.6. The lowest BCUT2D eigenvalue weighted by atomic mass is 9.98. The molecular weight excluding hydrogens is 1140 g/mol. The van der Waals surface area contributed by atoms with Gasteiger partial charge in [-0.1, -0.05) is 153 Å². The monoisotopic (exact) mass is 1210 g/mol. The number of ether oxygens (including phenoxy) is 3. The molecule has 5 aromatic heterocycles. The van der Waals surface area contributed by atoms with Gasteiger partial charge in [-0.2, -0.15) is 9.97 Å². The number of aromatic amines is 1. The van der Waals surface area contributed by atoms with Crippen LogP contribution in [0.25, 0.3) is 55.7 Å². The van der Waals surface area contributed by atoms with Crippen molar-refractivity contribution < 1.29 is 28.6 Å². The number of carbonyl (C=O) groups excluding carboxylic acids is 3. The zero-order valence-electron chi connectivity index (χ0n) is 49.6. The predicted molar refractivity (Wildman–Crippen MR) is 346 cm³/mol. The number of benzene rings is 6. The smallest absolute Gasteiger partial charge is 0.414 e. The van der Waals surface area contributed by atoms with Gasteiger partial charge in [-0.3, -0.25) is 30.3 Å². The van der Waals surface area contributed by atoms with Gasteiger partial charge >= 0.3 is 24.0 Å². The van der Waals surface area contributed by atoms with Crippen LogP contribution < -0.4 is 27.2 Å². The second-order valence-corrected chi connectivity index (χ2v) is 22.4. The summed E-state index contributed by atoms with van der Waals surface area (Å²) < 4.78 is 21.8. The van der Waals surface area contributed by atoms with Crippen LogP contribution in [-0.2, 0) is 14.2 Å². The summed E-state index contributed by atoms with van der Waals surface area (Å²) in [5, 5.41) is 7.79. The first-order chi connectivity index (χ1) is 43.2. The normalized spacial score (nSPS) is 12.5. The van der Waals surface area contributed by atoms with Gasteiger partial charge in [0, 0.05) is 42.1 Å². The first-order valence-electron chi connectivity index (χ1n) is 29.3. The van der Waals surface area contributed by atoms with E-state index in [1.54, 1.807) is 29.5 Å². The molecule has 14 rings (SSSR count). The quantitative estimate of drug-likeness (QED) is 0.0830. The number of imidazole rings is 2. The Balaban J connectivity index is 0.000000138. The van der Waals surface area contributed by atoms with E-state index in [4.69, 9.17) is 14.2 Å². The molecule has 0 bridgehead atoms. The fourth-order valence-electron chi connectivity index (χ4n) is 11.8. The largest absolute Gasteiger partial charge is 0.448 e. The van der Waals surface area contributed by atoms with Gasteiger partial charge in [0.05, 0.1) is 12.7 Å². The van der Waals surface area contributed by atoms with Gasteiger partial charge < -0.3 is 23.3 Å². The third-order valence-corrected chi connectivity index (χ3v) is 16.0. The minimum atomic E-state index is -0.681. The topological polar surface area (TPSA) is 257 Å². The molecule has 0 atom stereocenters. The number of aromatic nitrogens is 10. The number of rotatable bonds is 12. The van der Waals surface area contributed by atoms with Gasteiger partial charge in [0.2, 0.25) is 5.95 Å². The summed E-state index contributed by atoms with van der Waals surface area (Å²) in [6.07, 6.45) is 4.43. The zero-order chi connectivity index (χ0) is 61.9. The summed E-state index contributed by atoms with van der Waals surface area (Å²) in [5.41, 5.74) is 15.0. The molecule has 3 aliphatic carbocycles. The van der Waals surface area contributed by atoms with Crippen LogP contribution in [0.15, 0.2) is 186 Å². The summed E-state index contributed by atoms with van der Waals surface area (Å²) in [6, 6.07) is 50.9. The van der Waals surface area contributed by atoms with E-state index in [1.807, 2.05) is 119 Å². The molecule has 3 amide bonds. The highest BCUT2D eigenvalue weighted by Crippen LogP contribution is 2.47. The van der Waals surface area contributed by atoms with Crippen molar-refractivity contribution in [2.24, 2.45) is 0 Å². The van der Waals surface area contributed by atoms with Crippen molar-refractivity contribution in [3.8, 4) is 33.4 Å². The minimum Gasteiger partial charge on any atom is -0.448 e. The lowest BCUT2D eigenvalue weighted by Gasteiger charge is -2.14. The molecule has 0 aliphatic heterocycles. The Kier molecular flexibility index (Phi) is 17.6. The van der Waals surface area contributed by atoms with Gasteiger partial charge in [0.1, 0.15) is 32.0 Å². The lowest BCUT2D eigenvalue weighted by Crippen LogP contribution is -2.26. The second-order valence-electron chi connectivity index (χ2n) is 22.4. The molecule has 456 valence electrons. The summed E-state index contributed by atoms with van der Waals surface area (Å²) in [7, 11) is 0. The van der Waals surface area contributed by atoms with Gasteiger partial charge in [0.25, 0.3) is 5.56 Å². The number of nitrogens with one attached hydrogen (secondary N) is 4. The van der Waals surface area contributed by atoms with E-state index < -0.39 is 29.5 Å². The molecule has 6 aromatic carbocycles. The van der Waals surface area contributed by atoms with Crippen LogP contribution in [0.5, 0.6) is 0 Å². The Morgan fingerprint density at radius 3 is 1.24 bits per heavy atom. The fourth-order valence-corrected chi connectivity index (χ4v) is 11.8. The highest BCUT2D eigenvalue weighted by molar-refractivity contribution is 5.93. The minimum absolute atomic E-state index is 0. The van der Waals surface area contributed by atoms with Crippen molar-refractivity contribution in [1.82, 2.24) is 48.6 Å². The van der Waals surface area contributed by atoms with E-state index in [1.165, 1.54) is 44.3 Å². The number of carbonyl (C=O) groups is 3. The highest BCUT2D eigenvalue weighted by Gasteiger charge is 2.32. The molecule has 0 fully saturated rings. The summed E-state index contributed by atoms with van der Waals surface area (Å²) in [5.74, 6) is 0.497. The van der Waals surface area contributed by atoms with Crippen molar-refractivity contribution in [2.45, 2.75) is 84.8 Å². The molecule has 3 aliphatic rings. The molecule has 21 heteroatoms. The van der Waals surface area contributed by atoms with Crippen LogP contribution >= 0.6 is 0 Å². The van der Waals surface area contributed by atoms with E-state index in [2.05, 4.69) is 124 Å². The summed E-state index contributed by atoms with van der Waals surface area (Å²) >= 11 is 0. The molecule has 5 heterocycles. The number of anilines is 3. The van der Waals surface area contributed by atoms with Gasteiger partial charge in [-0.05, 0) is 114 Å². The maximum absolute atomic E-state index is 12.5. The van der Waals surface area contributed by atoms with Crippen molar-refractivity contribution in [2.75, 3.05) is 35.8 Å². The molecule has 0 radical (unpaired) electrons. The van der Waals surface area contributed by atoms with Crippen LogP contribution in [0.2, 0.25) is 0 Å².